The van der Waals surface area contributed by atoms with E-state index in [4.69, 9.17) is 0 Å². The molecule has 134 valence electrons. The van der Waals surface area contributed by atoms with Crippen LogP contribution in [0.3, 0.4) is 0 Å². The molecule has 0 fully saturated rings. The fourth-order valence-corrected chi connectivity index (χ4v) is 3.28. The topological polar surface area (TPSA) is 28.2 Å². The summed E-state index contributed by atoms with van der Waals surface area (Å²) >= 11 is 0. The molecule has 0 saturated heterocycles. The second kappa shape index (κ2) is 8.53. The second-order valence-corrected chi connectivity index (χ2v) is 6.82. The van der Waals surface area contributed by atoms with Crippen molar-refractivity contribution in [2.75, 3.05) is 18.5 Å². The van der Waals surface area contributed by atoms with Crippen molar-refractivity contribution in [3.8, 4) is 11.8 Å². The van der Waals surface area contributed by atoms with Gasteiger partial charge in [-0.25, -0.2) is 4.98 Å². The Morgan fingerprint density at radius 2 is 1.70 bits per heavy atom. The Balaban J connectivity index is 1.38. The average Bonchev–Trinajstić information content (AvgIpc) is 2.73. The molecule has 3 aromatic rings. The molecule has 1 aliphatic heterocycles. The monoisotopic (exact) mass is 353 g/mol. The fourth-order valence-electron chi connectivity index (χ4n) is 3.28. The number of nitrogens with zero attached hydrogens (tertiary/aromatic N) is 2. The molecule has 0 atom stereocenters. The van der Waals surface area contributed by atoms with E-state index in [9.17, 15) is 0 Å². The molecule has 0 unspecified atom stereocenters. The molecule has 2 aromatic carbocycles. The Bertz CT molecular complexity index is 940. The maximum absolute atomic E-state index is 4.56. The van der Waals surface area contributed by atoms with Crippen LogP contribution in [0, 0.1) is 11.8 Å². The van der Waals surface area contributed by atoms with Crippen LogP contribution in [0.5, 0.6) is 0 Å². The van der Waals surface area contributed by atoms with Gasteiger partial charge in [-0.05, 0) is 23.6 Å². The predicted molar refractivity (Wildman–Crippen MR) is 110 cm³/mol. The molecule has 0 amide bonds. The van der Waals surface area contributed by atoms with Crippen LogP contribution in [0.4, 0.5) is 5.82 Å². The predicted octanol–water partition coefficient (Wildman–Crippen LogP) is 4.10. The smallest absolute Gasteiger partial charge is 0.131 e. The third-order valence-electron chi connectivity index (χ3n) is 4.76. The highest BCUT2D eigenvalue weighted by molar-refractivity contribution is 5.50. The van der Waals surface area contributed by atoms with Gasteiger partial charge in [0.15, 0.2) is 0 Å². The fraction of sp³-hybridized carbons (Fsp3) is 0.208. The molecule has 3 nitrogen and oxygen atoms in total. The highest BCUT2D eigenvalue weighted by Gasteiger charge is 2.16. The lowest BCUT2D eigenvalue weighted by atomic mass is 10.1. The molecule has 3 heteroatoms. The first-order chi connectivity index (χ1) is 13.4. The molecular weight excluding hydrogens is 330 g/mol. The van der Waals surface area contributed by atoms with E-state index in [0.717, 1.165) is 44.0 Å². The van der Waals surface area contributed by atoms with Gasteiger partial charge < -0.3 is 5.32 Å². The zero-order chi connectivity index (χ0) is 18.3. The number of pyridine rings is 1. The van der Waals surface area contributed by atoms with Crippen LogP contribution in [0.15, 0.2) is 72.9 Å². The zero-order valence-electron chi connectivity index (χ0n) is 15.4. The van der Waals surface area contributed by atoms with Gasteiger partial charge in [0, 0.05) is 36.8 Å². The van der Waals surface area contributed by atoms with E-state index < -0.39 is 0 Å². The van der Waals surface area contributed by atoms with Gasteiger partial charge >= 0.3 is 0 Å². The molecule has 0 saturated carbocycles. The van der Waals surface area contributed by atoms with Crippen LogP contribution < -0.4 is 5.32 Å². The van der Waals surface area contributed by atoms with Crippen LogP contribution in [-0.2, 0) is 19.4 Å². The molecule has 2 heterocycles. The summed E-state index contributed by atoms with van der Waals surface area (Å²) in [7, 11) is 0. The molecule has 0 spiro atoms. The van der Waals surface area contributed by atoms with Crippen molar-refractivity contribution in [3.63, 3.8) is 0 Å². The highest BCUT2D eigenvalue weighted by atomic mass is 15.3. The number of fused-ring (bicyclic) bond motifs is 1. The molecule has 0 bridgehead atoms. The van der Waals surface area contributed by atoms with Crippen molar-refractivity contribution in [2.45, 2.75) is 19.4 Å². The Morgan fingerprint density at radius 1 is 0.963 bits per heavy atom. The Labute approximate surface area is 161 Å². The quantitative estimate of drug-likeness (QED) is 0.716. The van der Waals surface area contributed by atoms with Crippen molar-refractivity contribution in [1.29, 1.82) is 0 Å². The number of anilines is 1. The molecule has 0 radical (unpaired) electrons. The Hall–Kier alpha value is -3.09. The summed E-state index contributed by atoms with van der Waals surface area (Å²) in [6.07, 6.45) is 3.69. The lowest BCUT2D eigenvalue weighted by Crippen LogP contribution is -2.35. The van der Waals surface area contributed by atoms with Gasteiger partial charge in [-0.15, -0.1) is 0 Å². The van der Waals surface area contributed by atoms with E-state index in [2.05, 4.69) is 75.6 Å². The Kier molecular flexibility index (Phi) is 5.47. The lowest BCUT2D eigenvalue weighted by molar-refractivity contribution is 0.278. The van der Waals surface area contributed by atoms with Crippen LogP contribution in [0.25, 0.3) is 0 Å². The average molecular weight is 353 g/mol. The van der Waals surface area contributed by atoms with Gasteiger partial charge in [-0.3, -0.25) is 4.90 Å². The van der Waals surface area contributed by atoms with E-state index in [-0.39, 0.29) is 0 Å². The maximum atomic E-state index is 4.56. The highest BCUT2D eigenvalue weighted by Crippen LogP contribution is 2.20. The summed E-state index contributed by atoms with van der Waals surface area (Å²) in [4.78, 5) is 6.97. The molecule has 1 N–H and O–H groups in total. The van der Waals surface area contributed by atoms with Crippen LogP contribution in [0.1, 0.15) is 22.3 Å². The molecule has 1 aromatic heterocycles. The van der Waals surface area contributed by atoms with E-state index in [1.54, 1.807) is 0 Å². The first kappa shape index (κ1) is 17.3. The first-order valence-corrected chi connectivity index (χ1v) is 9.39. The number of benzene rings is 2. The van der Waals surface area contributed by atoms with E-state index >= 15 is 0 Å². The SMILES string of the molecule is C(#Cc1cnc2c(c1)CN(CCc1ccccc1)CN2)Cc1ccccc1. The summed E-state index contributed by atoms with van der Waals surface area (Å²) < 4.78 is 0. The first-order valence-electron chi connectivity index (χ1n) is 9.39. The van der Waals surface area contributed by atoms with Crippen LogP contribution in [0.2, 0.25) is 0 Å². The van der Waals surface area contributed by atoms with Crippen LogP contribution in [-0.4, -0.2) is 23.1 Å². The van der Waals surface area contributed by atoms with E-state index in [0.29, 0.717) is 0 Å². The summed E-state index contributed by atoms with van der Waals surface area (Å²) in [6.45, 7) is 2.78. The third kappa shape index (κ3) is 4.75. The van der Waals surface area contributed by atoms with Crippen LogP contribution >= 0.6 is 0 Å². The van der Waals surface area contributed by atoms with Gasteiger partial charge in [-0.2, -0.15) is 0 Å². The van der Waals surface area contributed by atoms with E-state index in [1.807, 2.05) is 24.4 Å². The minimum absolute atomic E-state index is 0.763. The van der Waals surface area contributed by atoms with E-state index in [1.165, 1.54) is 16.7 Å². The molecule has 4 rings (SSSR count). The Morgan fingerprint density at radius 3 is 2.48 bits per heavy atom. The van der Waals surface area contributed by atoms with Crippen molar-refractivity contribution >= 4 is 5.82 Å². The normalized spacial score (nSPS) is 13.2. The lowest BCUT2D eigenvalue weighted by Gasteiger charge is -2.29. The van der Waals surface area contributed by atoms with Crippen molar-refractivity contribution in [2.24, 2.45) is 0 Å². The summed E-state index contributed by atoms with van der Waals surface area (Å²) in [5.41, 5.74) is 4.82. The van der Waals surface area contributed by atoms with Gasteiger partial charge in [0.05, 0.1) is 6.67 Å². The number of aromatic nitrogens is 1. The minimum Gasteiger partial charge on any atom is -0.357 e. The molecular formula is C24H23N3. The van der Waals surface area contributed by atoms with Crippen molar-refractivity contribution < 1.29 is 0 Å². The van der Waals surface area contributed by atoms with Gasteiger partial charge in [0.1, 0.15) is 5.82 Å². The summed E-state index contributed by atoms with van der Waals surface area (Å²) in [5.74, 6) is 7.50. The number of hydrogen-bond acceptors (Lipinski definition) is 3. The van der Waals surface area contributed by atoms with Gasteiger partial charge in [0.2, 0.25) is 0 Å². The maximum Gasteiger partial charge on any atom is 0.131 e. The molecule has 1 aliphatic rings. The summed E-state index contributed by atoms with van der Waals surface area (Å²) in [5, 5.41) is 3.42. The van der Waals surface area contributed by atoms with Gasteiger partial charge in [0.25, 0.3) is 0 Å². The standard InChI is InChI=1S/C24H23N3/c1-3-8-20(9-4-1)12-7-13-22-16-23-18-27(19-26-24(23)25-17-22)15-14-21-10-5-2-6-11-21/h1-6,8-11,16-17H,12,14-15,18-19H2,(H,25,26). The largest absolute Gasteiger partial charge is 0.357 e. The number of nitrogens with one attached hydrogen (secondary N) is 1. The molecule has 0 aliphatic carbocycles. The molecule has 27 heavy (non-hydrogen) atoms. The summed E-state index contributed by atoms with van der Waals surface area (Å²) in [6, 6.07) is 23.1. The second-order valence-electron chi connectivity index (χ2n) is 6.82. The van der Waals surface area contributed by atoms with Crippen molar-refractivity contribution in [3.05, 3.63) is 95.2 Å². The minimum atomic E-state index is 0.763. The third-order valence-corrected chi connectivity index (χ3v) is 4.76. The van der Waals surface area contributed by atoms with Gasteiger partial charge in [-0.1, -0.05) is 72.5 Å². The zero-order valence-corrected chi connectivity index (χ0v) is 15.4. The number of rotatable bonds is 4. The van der Waals surface area contributed by atoms with Crippen molar-refractivity contribution in [1.82, 2.24) is 9.88 Å². The number of hydrogen-bond donors (Lipinski definition) is 1.